The molecule has 0 aliphatic carbocycles. The highest BCUT2D eigenvalue weighted by atomic mass is 35.5. The van der Waals surface area contributed by atoms with Gasteiger partial charge in [0.1, 0.15) is 5.82 Å². The number of nitrogens with one attached hydrogen (secondary N) is 1. The summed E-state index contributed by atoms with van der Waals surface area (Å²) in [5.41, 5.74) is 0.246. The van der Waals surface area contributed by atoms with Crippen LogP contribution in [-0.4, -0.2) is 11.7 Å². The van der Waals surface area contributed by atoms with E-state index >= 15 is 0 Å². The van der Waals surface area contributed by atoms with Crippen LogP contribution in [0.5, 0.6) is 0 Å². The standard InChI is InChI=1S/C15H12ClF4NO/c16-10-1-2-11(17)9(3-10)6-21-14(7-22)8-4-12(18)15(20)13(19)5-8/h1-5,14,21-22H,6-7H2. The van der Waals surface area contributed by atoms with Crippen molar-refractivity contribution in [3.8, 4) is 0 Å². The molecule has 2 aromatic carbocycles. The van der Waals surface area contributed by atoms with Crippen molar-refractivity contribution in [2.75, 3.05) is 6.61 Å². The Morgan fingerprint density at radius 3 is 2.23 bits per heavy atom. The van der Waals surface area contributed by atoms with E-state index in [0.29, 0.717) is 5.02 Å². The fraction of sp³-hybridized carbons (Fsp3) is 0.200. The van der Waals surface area contributed by atoms with Gasteiger partial charge in [0, 0.05) is 17.1 Å². The molecule has 0 aliphatic heterocycles. The van der Waals surface area contributed by atoms with Gasteiger partial charge in [-0.3, -0.25) is 0 Å². The monoisotopic (exact) mass is 333 g/mol. The Labute approximate surface area is 129 Å². The van der Waals surface area contributed by atoms with E-state index in [-0.39, 0.29) is 17.7 Å². The number of hydrogen-bond acceptors (Lipinski definition) is 2. The zero-order valence-electron chi connectivity index (χ0n) is 11.2. The molecule has 1 unspecified atom stereocenters. The quantitative estimate of drug-likeness (QED) is 0.645. The Balaban J connectivity index is 2.17. The van der Waals surface area contributed by atoms with Gasteiger partial charge in [-0.1, -0.05) is 11.6 Å². The topological polar surface area (TPSA) is 32.3 Å². The maximum absolute atomic E-state index is 13.6. The molecule has 0 amide bonds. The van der Waals surface area contributed by atoms with Gasteiger partial charge in [-0.25, -0.2) is 17.6 Å². The molecule has 2 rings (SSSR count). The van der Waals surface area contributed by atoms with Crippen LogP contribution in [0.2, 0.25) is 5.02 Å². The molecule has 7 heteroatoms. The van der Waals surface area contributed by atoms with Crippen LogP contribution in [-0.2, 0) is 6.54 Å². The van der Waals surface area contributed by atoms with Crippen molar-refractivity contribution in [3.05, 3.63) is 69.8 Å². The first-order chi connectivity index (χ1) is 10.4. The van der Waals surface area contributed by atoms with Gasteiger partial charge < -0.3 is 10.4 Å². The molecular weight excluding hydrogens is 322 g/mol. The minimum atomic E-state index is -1.58. The van der Waals surface area contributed by atoms with Crippen LogP contribution in [0.3, 0.4) is 0 Å². The third-order valence-electron chi connectivity index (χ3n) is 3.14. The van der Waals surface area contributed by atoms with Crippen molar-refractivity contribution < 1.29 is 22.7 Å². The van der Waals surface area contributed by atoms with Crippen LogP contribution in [0.15, 0.2) is 30.3 Å². The molecule has 2 aromatic rings. The van der Waals surface area contributed by atoms with Crippen molar-refractivity contribution in [1.29, 1.82) is 0 Å². The zero-order valence-corrected chi connectivity index (χ0v) is 12.0. The van der Waals surface area contributed by atoms with Gasteiger partial charge in [0.15, 0.2) is 17.5 Å². The third-order valence-corrected chi connectivity index (χ3v) is 3.37. The Morgan fingerprint density at radius 2 is 1.64 bits per heavy atom. The van der Waals surface area contributed by atoms with Gasteiger partial charge >= 0.3 is 0 Å². The molecule has 0 aromatic heterocycles. The Bertz CT molecular complexity index is 658. The second-order valence-electron chi connectivity index (χ2n) is 4.65. The van der Waals surface area contributed by atoms with Crippen LogP contribution in [0, 0.1) is 23.3 Å². The fourth-order valence-corrected chi connectivity index (χ4v) is 2.17. The average molecular weight is 334 g/mol. The summed E-state index contributed by atoms with van der Waals surface area (Å²) in [5, 5.41) is 12.4. The van der Waals surface area contributed by atoms with E-state index in [4.69, 9.17) is 11.6 Å². The largest absolute Gasteiger partial charge is 0.394 e. The van der Waals surface area contributed by atoms with Crippen LogP contribution < -0.4 is 5.32 Å². The summed E-state index contributed by atoms with van der Waals surface area (Å²) in [6.07, 6.45) is 0. The van der Waals surface area contributed by atoms with E-state index in [2.05, 4.69) is 5.32 Å². The predicted octanol–water partition coefficient (Wildman–Crippen LogP) is 3.72. The van der Waals surface area contributed by atoms with Gasteiger partial charge in [0.05, 0.1) is 12.6 Å². The van der Waals surface area contributed by atoms with Gasteiger partial charge in [-0.15, -0.1) is 0 Å². The summed E-state index contributed by atoms with van der Waals surface area (Å²) in [4.78, 5) is 0. The Hall–Kier alpha value is -1.63. The molecular formula is C15H12ClF4NO. The number of halogens is 5. The van der Waals surface area contributed by atoms with Crippen molar-refractivity contribution in [2.24, 2.45) is 0 Å². The Morgan fingerprint density at radius 1 is 1.00 bits per heavy atom. The number of aliphatic hydroxyl groups excluding tert-OH is 1. The molecule has 0 bridgehead atoms. The lowest BCUT2D eigenvalue weighted by Gasteiger charge is -2.17. The molecule has 118 valence electrons. The summed E-state index contributed by atoms with van der Waals surface area (Å²) < 4.78 is 52.9. The highest BCUT2D eigenvalue weighted by molar-refractivity contribution is 6.30. The van der Waals surface area contributed by atoms with Crippen molar-refractivity contribution in [1.82, 2.24) is 5.32 Å². The summed E-state index contributed by atoms with van der Waals surface area (Å²) in [5.74, 6) is -4.81. The first kappa shape index (κ1) is 16.7. The van der Waals surface area contributed by atoms with Crippen LogP contribution in [0.4, 0.5) is 17.6 Å². The van der Waals surface area contributed by atoms with E-state index in [1.807, 2.05) is 0 Å². The number of aliphatic hydroxyl groups is 1. The van der Waals surface area contributed by atoms with Crippen molar-refractivity contribution in [2.45, 2.75) is 12.6 Å². The molecule has 0 heterocycles. The van der Waals surface area contributed by atoms with Gasteiger partial charge in [0.2, 0.25) is 0 Å². The summed E-state index contributed by atoms with van der Waals surface area (Å²) in [7, 11) is 0. The summed E-state index contributed by atoms with van der Waals surface area (Å²) in [6.45, 7) is -0.537. The van der Waals surface area contributed by atoms with Crippen molar-refractivity contribution >= 4 is 11.6 Å². The molecule has 2 N–H and O–H groups in total. The van der Waals surface area contributed by atoms with E-state index < -0.39 is 35.9 Å². The molecule has 0 aliphatic rings. The van der Waals surface area contributed by atoms with Crippen LogP contribution in [0.25, 0.3) is 0 Å². The van der Waals surface area contributed by atoms with Crippen LogP contribution in [0.1, 0.15) is 17.2 Å². The summed E-state index contributed by atoms with van der Waals surface area (Å²) >= 11 is 5.76. The van der Waals surface area contributed by atoms with Crippen molar-refractivity contribution in [3.63, 3.8) is 0 Å². The molecule has 0 radical (unpaired) electrons. The van der Waals surface area contributed by atoms with E-state index in [1.54, 1.807) is 0 Å². The minimum absolute atomic E-state index is 0.0151. The normalized spacial score (nSPS) is 12.5. The number of hydrogen-bond donors (Lipinski definition) is 2. The second-order valence-corrected chi connectivity index (χ2v) is 5.09. The smallest absolute Gasteiger partial charge is 0.194 e. The predicted molar refractivity (Wildman–Crippen MR) is 74.4 cm³/mol. The maximum atomic E-state index is 13.6. The first-order valence-electron chi connectivity index (χ1n) is 6.35. The maximum Gasteiger partial charge on any atom is 0.194 e. The average Bonchev–Trinajstić information content (AvgIpc) is 2.48. The second kappa shape index (κ2) is 7.09. The fourth-order valence-electron chi connectivity index (χ4n) is 1.98. The van der Waals surface area contributed by atoms with Gasteiger partial charge in [0.25, 0.3) is 0 Å². The minimum Gasteiger partial charge on any atom is -0.394 e. The highest BCUT2D eigenvalue weighted by Crippen LogP contribution is 2.21. The zero-order chi connectivity index (χ0) is 16.3. The molecule has 0 fully saturated rings. The third kappa shape index (κ3) is 3.76. The Kier molecular flexibility index (Phi) is 5.39. The number of benzene rings is 2. The van der Waals surface area contributed by atoms with Gasteiger partial charge in [-0.05, 0) is 35.9 Å². The molecule has 22 heavy (non-hydrogen) atoms. The first-order valence-corrected chi connectivity index (χ1v) is 6.72. The molecule has 0 saturated heterocycles. The molecule has 2 nitrogen and oxygen atoms in total. The molecule has 1 atom stereocenters. The van der Waals surface area contributed by atoms with E-state index in [9.17, 15) is 22.7 Å². The highest BCUT2D eigenvalue weighted by Gasteiger charge is 2.17. The lowest BCUT2D eigenvalue weighted by atomic mass is 10.1. The molecule has 0 saturated carbocycles. The number of rotatable bonds is 5. The lowest BCUT2D eigenvalue weighted by molar-refractivity contribution is 0.242. The SMILES string of the molecule is OCC(NCc1cc(Cl)ccc1F)c1cc(F)c(F)c(F)c1. The van der Waals surface area contributed by atoms with Crippen LogP contribution >= 0.6 is 11.6 Å². The summed E-state index contributed by atoms with van der Waals surface area (Å²) in [6, 6.07) is 4.63. The lowest BCUT2D eigenvalue weighted by Crippen LogP contribution is -2.25. The van der Waals surface area contributed by atoms with E-state index in [1.165, 1.54) is 18.2 Å². The molecule has 0 spiro atoms. The van der Waals surface area contributed by atoms with Gasteiger partial charge in [-0.2, -0.15) is 0 Å². The van der Waals surface area contributed by atoms with E-state index in [0.717, 1.165) is 12.1 Å².